The Kier molecular flexibility index (Phi) is 1.99. The largest absolute Gasteiger partial charge is 0.480 e. The van der Waals surface area contributed by atoms with E-state index in [1.165, 1.54) is 4.90 Å². The minimum absolute atomic E-state index is 0.125. The summed E-state index contributed by atoms with van der Waals surface area (Å²) in [6, 6.07) is 0.125. The van der Waals surface area contributed by atoms with Crippen LogP contribution in [0.4, 0.5) is 0 Å². The van der Waals surface area contributed by atoms with Crippen molar-refractivity contribution in [1.29, 1.82) is 0 Å². The van der Waals surface area contributed by atoms with Crippen molar-refractivity contribution in [3.05, 3.63) is 0 Å². The molecule has 0 radical (unpaired) electrons. The lowest BCUT2D eigenvalue weighted by molar-refractivity contribution is -0.145. The molecule has 2 rings (SSSR count). The fourth-order valence-corrected chi connectivity index (χ4v) is 1.53. The van der Waals surface area contributed by atoms with Crippen molar-refractivity contribution in [3.8, 4) is 0 Å². The standard InChI is InChI=1S/C9H14N2O3/c10-9(3-4-9)8(14)11(5-7(12)13)6-1-2-6/h6H,1-5,10H2,(H,12,13). The first-order valence-corrected chi connectivity index (χ1v) is 4.85. The van der Waals surface area contributed by atoms with Crippen molar-refractivity contribution in [2.45, 2.75) is 37.3 Å². The van der Waals surface area contributed by atoms with Gasteiger partial charge in [0.1, 0.15) is 6.54 Å². The van der Waals surface area contributed by atoms with Crippen molar-refractivity contribution in [1.82, 2.24) is 4.90 Å². The molecule has 5 nitrogen and oxygen atoms in total. The predicted octanol–water partition coefficient (Wildman–Crippen LogP) is -0.447. The van der Waals surface area contributed by atoms with E-state index >= 15 is 0 Å². The average molecular weight is 198 g/mol. The molecule has 0 saturated heterocycles. The van der Waals surface area contributed by atoms with E-state index in [1.807, 2.05) is 0 Å². The number of hydrogen-bond acceptors (Lipinski definition) is 3. The molecule has 1 amide bonds. The molecule has 0 heterocycles. The molecule has 3 N–H and O–H groups in total. The predicted molar refractivity (Wildman–Crippen MR) is 48.5 cm³/mol. The molecule has 0 aromatic rings. The highest BCUT2D eigenvalue weighted by molar-refractivity contribution is 5.91. The van der Waals surface area contributed by atoms with E-state index in [0.717, 1.165) is 12.8 Å². The van der Waals surface area contributed by atoms with Crippen LogP contribution in [0.5, 0.6) is 0 Å². The van der Waals surface area contributed by atoms with Crippen LogP contribution in [0.2, 0.25) is 0 Å². The van der Waals surface area contributed by atoms with Crippen LogP contribution in [0.25, 0.3) is 0 Å². The normalized spacial score (nSPS) is 22.9. The number of rotatable bonds is 4. The lowest BCUT2D eigenvalue weighted by atomic mass is 10.2. The van der Waals surface area contributed by atoms with Gasteiger partial charge in [0.25, 0.3) is 0 Å². The Hall–Kier alpha value is -1.10. The Morgan fingerprint density at radius 3 is 2.36 bits per heavy atom. The number of nitrogens with two attached hydrogens (primary N) is 1. The summed E-state index contributed by atoms with van der Waals surface area (Å²) in [6.45, 7) is -0.206. The van der Waals surface area contributed by atoms with E-state index in [9.17, 15) is 9.59 Å². The van der Waals surface area contributed by atoms with Crippen LogP contribution in [-0.4, -0.2) is 40.0 Å². The van der Waals surface area contributed by atoms with Crippen LogP contribution >= 0.6 is 0 Å². The Balaban J connectivity index is 2.02. The molecule has 2 fully saturated rings. The Morgan fingerprint density at radius 1 is 1.43 bits per heavy atom. The Morgan fingerprint density at radius 2 is 2.00 bits per heavy atom. The van der Waals surface area contributed by atoms with Crippen LogP contribution in [0.1, 0.15) is 25.7 Å². The number of carbonyl (C=O) groups excluding carboxylic acids is 1. The van der Waals surface area contributed by atoms with Gasteiger partial charge in [-0.1, -0.05) is 0 Å². The SMILES string of the molecule is NC1(C(=O)N(CC(=O)O)C2CC2)CC1. The van der Waals surface area contributed by atoms with E-state index in [0.29, 0.717) is 12.8 Å². The maximum absolute atomic E-state index is 11.8. The van der Waals surface area contributed by atoms with E-state index in [2.05, 4.69) is 0 Å². The van der Waals surface area contributed by atoms with Gasteiger partial charge < -0.3 is 15.7 Å². The van der Waals surface area contributed by atoms with Gasteiger partial charge in [-0.15, -0.1) is 0 Å². The number of carboxylic acids is 1. The summed E-state index contributed by atoms with van der Waals surface area (Å²) in [5.41, 5.74) is 5.01. The summed E-state index contributed by atoms with van der Waals surface area (Å²) in [5.74, 6) is -1.14. The van der Waals surface area contributed by atoms with Crippen molar-refractivity contribution in [2.24, 2.45) is 5.73 Å². The Labute approximate surface area is 81.9 Å². The molecule has 78 valence electrons. The van der Waals surface area contributed by atoms with Crippen molar-refractivity contribution in [3.63, 3.8) is 0 Å². The highest BCUT2D eigenvalue weighted by atomic mass is 16.4. The third kappa shape index (κ3) is 1.72. The van der Waals surface area contributed by atoms with Gasteiger partial charge in [0.15, 0.2) is 0 Å². The number of amides is 1. The molecule has 0 atom stereocenters. The van der Waals surface area contributed by atoms with Gasteiger partial charge in [-0.25, -0.2) is 0 Å². The number of hydrogen-bond donors (Lipinski definition) is 2. The summed E-state index contributed by atoms with van der Waals surface area (Å²) < 4.78 is 0. The fourth-order valence-electron chi connectivity index (χ4n) is 1.53. The molecule has 2 saturated carbocycles. The monoisotopic (exact) mass is 198 g/mol. The second-order valence-corrected chi connectivity index (χ2v) is 4.21. The van der Waals surface area contributed by atoms with E-state index in [-0.39, 0.29) is 18.5 Å². The average Bonchev–Trinajstić information content (AvgIpc) is 2.93. The topological polar surface area (TPSA) is 83.6 Å². The van der Waals surface area contributed by atoms with Crippen molar-refractivity contribution in [2.75, 3.05) is 6.54 Å². The second-order valence-electron chi connectivity index (χ2n) is 4.21. The summed E-state index contributed by atoms with van der Waals surface area (Å²) in [6.07, 6.45) is 3.20. The molecule has 0 unspecified atom stereocenters. The molecule has 2 aliphatic rings. The highest BCUT2D eigenvalue weighted by Gasteiger charge is 2.51. The van der Waals surface area contributed by atoms with Crippen LogP contribution in [0.15, 0.2) is 0 Å². The second kappa shape index (κ2) is 2.95. The first kappa shape index (κ1) is 9.45. The molecule has 5 heteroatoms. The van der Waals surface area contributed by atoms with E-state index in [1.54, 1.807) is 0 Å². The quantitative estimate of drug-likeness (QED) is 0.641. The van der Waals surface area contributed by atoms with Gasteiger partial charge in [0.05, 0.1) is 5.54 Å². The van der Waals surface area contributed by atoms with Crippen molar-refractivity contribution < 1.29 is 14.7 Å². The third-order valence-corrected chi connectivity index (χ3v) is 2.77. The number of nitrogens with zero attached hydrogens (tertiary/aromatic N) is 1. The number of aliphatic carboxylic acids is 1. The minimum Gasteiger partial charge on any atom is -0.480 e. The van der Waals surface area contributed by atoms with Gasteiger partial charge in [-0.2, -0.15) is 0 Å². The van der Waals surface area contributed by atoms with Crippen LogP contribution in [0, 0.1) is 0 Å². The van der Waals surface area contributed by atoms with Crippen LogP contribution < -0.4 is 5.73 Å². The molecule has 0 aromatic carbocycles. The highest BCUT2D eigenvalue weighted by Crippen LogP contribution is 2.37. The summed E-state index contributed by atoms with van der Waals surface area (Å²) in [5, 5.41) is 8.66. The lowest BCUT2D eigenvalue weighted by Gasteiger charge is -2.23. The zero-order chi connectivity index (χ0) is 10.3. The lowest BCUT2D eigenvalue weighted by Crippen LogP contribution is -2.48. The zero-order valence-electron chi connectivity index (χ0n) is 7.90. The van der Waals surface area contributed by atoms with Gasteiger partial charge in [0, 0.05) is 6.04 Å². The summed E-state index contributed by atoms with van der Waals surface area (Å²) in [7, 11) is 0. The van der Waals surface area contributed by atoms with Gasteiger partial charge in [-0.3, -0.25) is 9.59 Å². The molecule has 0 spiro atoms. The zero-order valence-corrected chi connectivity index (χ0v) is 7.90. The molecule has 0 bridgehead atoms. The van der Waals surface area contributed by atoms with Gasteiger partial charge >= 0.3 is 5.97 Å². The molecular formula is C9H14N2O3. The fraction of sp³-hybridized carbons (Fsp3) is 0.778. The molecular weight excluding hydrogens is 184 g/mol. The number of carboxylic acid groups (broad SMARTS) is 1. The maximum Gasteiger partial charge on any atom is 0.323 e. The van der Waals surface area contributed by atoms with Crippen LogP contribution in [-0.2, 0) is 9.59 Å². The first-order valence-electron chi connectivity index (χ1n) is 4.85. The third-order valence-electron chi connectivity index (χ3n) is 2.77. The summed E-state index contributed by atoms with van der Waals surface area (Å²) >= 11 is 0. The molecule has 14 heavy (non-hydrogen) atoms. The van der Waals surface area contributed by atoms with E-state index in [4.69, 9.17) is 10.8 Å². The number of carbonyl (C=O) groups is 2. The Bertz CT molecular complexity index is 282. The summed E-state index contributed by atoms with van der Waals surface area (Å²) in [4.78, 5) is 23.8. The first-order chi connectivity index (χ1) is 6.53. The van der Waals surface area contributed by atoms with Gasteiger partial charge in [0.2, 0.25) is 5.91 Å². The molecule has 0 aromatic heterocycles. The minimum atomic E-state index is -0.963. The smallest absolute Gasteiger partial charge is 0.323 e. The maximum atomic E-state index is 11.8. The van der Waals surface area contributed by atoms with Crippen LogP contribution in [0.3, 0.4) is 0 Å². The molecule has 2 aliphatic carbocycles. The molecule has 0 aliphatic heterocycles. The van der Waals surface area contributed by atoms with Crippen molar-refractivity contribution >= 4 is 11.9 Å². The van der Waals surface area contributed by atoms with E-state index < -0.39 is 11.5 Å². The van der Waals surface area contributed by atoms with Gasteiger partial charge in [-0.05, 0) is 25.7 Å².